The second-order valence-electron chi connectivity index (χ2n) is 7.18. The van der Waals surface area contributed by atoms with Gasteiger partial charge in [-0.1, -0.05) is 6.07 Å². The van der Waals surface area contributed by atoms with E-state index in [-0.39, 0.29) is 23.5 Å². The quantitative estimate of drug-likeness (QED) is 0.814. The molecule has 0 N–H and O–H groups in total. The lowest BCUT2D eigenvalue weighted by Gasteiger charge is -2.38. The number of carbonyl (C=O) groups excluding carboxylic acids is 2. The maximum Gasteiger partial charge on any atom is 0.292 e. The topological polar surface area (TPSA) is 88.8 Å². The van der Waals surface area contributed by atoms with Gasteiger partial charge >= 0.3 is 0 Å². The van der Waals surface area contributed by atoms with E-state index in [1.54, 1.807) is 17.3 Å². The average molecular weight is 370 g/mol. The molecule has 8 nitrogen and oxygen atoms in total. The van der Waals surface area contributed by atoms with Crippen molar-refractivity contribution in [2.24, 2.45) is 5.41 Å². The van der Waals surface area contributed by atoms with E-state index in [0.717, 1.165) is 24.8 Å². The van der Waals surface area contributed by atoms with E-state index >= 15 is 0 Å². The summed E-state index contributed by atoms with van der Waals surface area (Å²) in [5.41, 5.74) is 0.514. The molecule has 2 amide bonds. The van der Waals surface area contributed by atoms with Crippen molar-refractivity contribution in [3.63, 3.8) is 0 Å². The Morgan fingerprint density at radius 2 is 2.26 bits per heavy atom. The van der Waals surface area contributed by atoms with Gasteiger partial charge in [0.25, 0.3) is 11.8 Å². The normalized spacial score (nSPS) is 22.5. The highest BCUT2D eigenvalue weighted by molar-refractivity contribution is 5.93. The summed E-state index contributed by atoms with van der Waals surface area (Å²) in [7, 11) is 1.47. The summed E-state index contributed by atoms with van der Waals surface area (Å²) in [6.07, 6.45) is 5.87. The highest BCUT2D eigenvalue weighted by Crippen LogP contribution is 2.41. The molecule has 8 heteroatoms. The number of carbonyl (C=O) groups is 2. The van der Waals surface area contributed by atoms with Crippen molar-refractivity contribution in [1.29, 1.82) is 0 Å². The average Bonchev–Trinajstić information content (AvgIpc) is 3.30. The number of amides is 2. The molecule has 0 saturated carbocycles. The van der Waals surface area contributed by atoms with E-state index in [0.29, 0.717) is 26.2 Å². The van der Waals surface area contributed by atoms with Crippen LogP contribution >= 0.6 is 0 Å². The standard InChI is InChI=1S/C19H22N4O4/c1-26-16-10-15(27-21-16)17(24)23-8-3-5-19(13-23)6-9-22(18(19)25)12-14-4-2-7-20-11-14/h2,4,7,10-11H,3,5-6,8-9,12-13H2,1H3. The fourth-order valence-electron chi connectivity index (χ4n) is 4.05. The third-order valence-electron chi connectivity index (χ3n) is 5.47. The third kappa shape index (κ3) is 3.27. The molecule has 4 rings (SSSR count). The summed E-state index contributed by atoms with van der Waals surface area (Å²) in [4.78, 5) is 33.6. The molecular formula is C19H22N4O4. The summed E-state index contributed by atoms with van der Waals surface area (Å²) in [5, 5.41) is 3.69. The first-order chi connectivity index (χ1) is 13.1. The predicted octanol–water partition coefficient (Wildman–Crippen LogP) is 1.73. The van der Waals surface area contributed by atoms with Gasteiger partial charge in [0.05, 0.1) is 18.6 Å². The fraction of sp³-hybridized carbons (Fsp3) is 0.474. The Kier molecular flexibility index (Phi) is 4.55. The maximum absolute atomic E-state index is 13.2. The SMILES string of the molecule is COc1cc(C(=O)N2CCCC3(CCN(Cc4cccnc4)C3=O)C2)on1. The van der Waals surface area contributed by atoms with Crippen molar-refractivity contribution < 1.29 is 18.8 Å². The zero-order valence-corrected chi connectivity index (χ0v) is 15.3. The molecule has 1 unspecified atom stereocenters. The molecule has 4 heterocycles. The Balaban J connectivity index is 1.47. The Bertz CT molecular complexity index is 837. The Labute approximate surface area is 157 Å². The highest BCUT2D eigenvalue weighted by atomic mass is 16.5. The predicted molar refractivity (Wildman–Crippen MR) is 94.9 cm³/mol. The Morgan fingerprint density at radius 3 is 3.00 bits per heavy atom. The van der Waals surface area contributed by atoms with E-state index in [4.69, 9.17) is 9.26 Å². The van der Waals surface area contributed by atoms with Crippen molar-refractivity contribution in [3.8, 4) is 5.88 Å². The Morgan fingerprint density at radius 1 is 1.37 bits per heavy atom. The molecule has 142 valence electrons. The lowest BCUT2D eigenvalue weighted by atomic mass is 9.78. The summed E-state index contributed by atoms with van der Waals surface area (Å²) in [6.45, 7) is 2.28. The van der Waals surface area contributed by atoms with Gasteiger partial charge in [0, 0.05) is 38.6 Å². The van der Waals surface area contributed by atoms with Crippen molar-refractivity contribution in [1.82, 2.24) is 19.9 Å². The van der Waals surface area contributed by atoms with Gasteiger partial charge in [-0.05, 0) is 36.0 Å². The second kappa shape index (κ2) is 7.02. The van der Waals surface area contributed by atoms with Crippen LogP contribution in [0.25, 0.3) is 0 Å². The minimum atomic E-state index is -0.500. The smallest absolute Gasteiger partial charge is 0.292 e. The number of aromatic nitrogens is 2. The van der Waals surface area contributed by atoms with Crippen molar-refractivity contribution >= 4 is 11.8 Å². The highest BCUT2D eigenvalue weighted by Gasteiger charge is 2.49. The number of nitrogens with zero attached hydrogens (tertiary/aromatic N) is 4. The molecule has 2 aromatic heterocycles. The Hall–Kier alpha value is -2.90. The van der Waals surface area contributed by atoms with Crippen molar-refractivity contribution in [2.75, 3.05) is 26.7 Å². The van der Waals surface area contributed by atoms with Crippen molar-refractivity contribution in [3.05, 3.63) is 41.9 Å². The molecule has 2 aromatic rings. The third-order valence-corrected chi connectivity index (χ3v) is 5.47. The van der Waals surface area contributed by atoms with Gasteiger partial charge in [-0.25, -0.2) is 0 Å². The van der Waals surface area contributed by atoms with Crippen LogP contribution in [0.4, 0.5) is 0 Å². The van der Waals surface area contributed by atoms with Crippen LogP contribution in [0.2, 0.25) is 0 Å². The molecule has 0 aromatic carbocycles. The van der Waals surface area contributed by atoms with Gasteiger partial charge < -0.3 is 19.1 Å². The first-order valence-electron chi connectivity index (χ1n) is 9.10. The summed E-state index contributed by atoms with van der Waals surface area (Å²) in [5.74, 6) is 0.286. The lowest BCUT2D eigenvalue weighted by Crippen LogP contribution is -2.49. The molecule has 0 aliphatic carbocycles. The molecule has 2 aliphatic heterocycles. The summed E-state index contributed by atoms with van der Waals surface area (Å²) in [6, 6.07) is 5.33. The number of pyridine rings is 1. The van der Waals surface area contributed by atoms with Crippen LogP contribution in [0.3, 0.4) is 0 Å². The number of piperidine rings is 1. The van der Waals surface area contributed by atoms with Crippen LogP contribution in [-0.4, -0.2) is 58.5 Å². The van der Waals surface area contributed by atoms with Crippen LogP contribution in [0, 0.1) is 5.41 Å². The minimum Gasteiger partial charge on any atom is -0.479 e. The summed E-state index contributed by atoms with van der Waals surface area (Å²) < 4.78 is 10.1. The second-order valence-corrected chi connectivity index (χ2v) is 7.18. The monoisotopic (exact) mass is 370 g/mol. The van der Waals surface area contributed by atoms with Crippen LogP contribution in [-0.2, 0) is 11.3 Å². The van der Waals surface area contributed by atoms with Gasteiger partial charge in [-0.2, -0.15) is 0 Å². The van der Waals surface area contributed by atoms with Crippen LogP contribution in [0.15, 0.2) is 35.1 Å². The molecular weight excluding hydrogens is 348 g/mol. The van der Waals surface area contributed by atoms with Gasteiger partial charge in [-0.3, -0.25) is 14.6 Å². The van der Waals surface area contributed by atoms with E-state index in [2.05, 4.69) is 10.1 Å². The van der Waals surface area contributed by atoms with E-state index in [9.17, 15) is 9.59 Å². The number of ether oxygens (including phenoxy) is 1. The number of likely N-dealkylation sites (tertiary alicyclic amines) is 2. The van der Waals surface area contributed by atoms with Gasteiger partial charge in [0.1, 0.15) is 0 Å². The molecule has 0 radical (unpaired) electrons. The van der Waals surface area contributed by atoms with Crippen LogP contribution in [0.5, 0.6) is 5.88 Å². The van der Waals surface area contributed by atoms with E-state index in [1.165, 1.54) is 13.2 Å². The van der Waals surface area contributed by atoms with Gasteiger partial charge in [0.15, 0.2) is 0 Å². The molecule has 2 saturated heterocycles. The number of hydrogen-bond acceptors (Lipinski definition) is 6. The molecule has 1 spiro atoms. The van der Waals surface area contributed by atoms with Crippen molar-refractivity contribution in [2.45, 2.75) is 25.8 Å². The van der Waals surface area contributed by atoms with Crippen LogP contribution in [0.1, 0.15) is 35.4 Å². The molecule has 0 bridgehead atoms. The van der Waals surface area contributed by atoms with Gasteiger partial charge in [0.2, 0.25) is 11.7 Å². The lowest BCUT2D eigenvalue weighted by molar-refractivity contribution is -0.138. The summed E-state index contributed by atoms with van der Waals surface area (Å²) >= 11 is 0. The molecule has 2 aliphatic rings. The maximum atomic E-state index is 13.2. The van der Waals surface area contributed by atoms with Gasteiger partial charge in [-0.15, -0.1) is 0 Å². The first kappa shape index (κ1) is 17.5. The number of hydrogen-bond donors (Lipinski definition) is 0. The largest absolute Gasteiger partial charge is 0.479 e. The van der Waals surface area contributed by atoms with E-state index in [1.807, 2.05) is 17.0 Å². The number of rotatable bonds is 4. The first-order valence-corrected chi connectivity index (χ1v) is 9.10. The minimum absolute atomic E-state index is 0.124. The molecule has 1 atom stereocenters. The zero-order chi connectivity index (χ0) is 18.9. The van der Waals surface area contributed by atoms with E-state index < -0.39 is 5.41 Å². The number of methoxy groups -OCH3 is 1. The zero-order valence-electron chi connectivity index (χ0n) is 15.3. The molecule has 2 fully saturated rings. The molecule has 27 heavy (non-hydrogen) atoms. The van der Waals surface area contributed by atoms with Crippen LogP contribution < -0.4 is 4.74 Å². The fourth-order valence-corrected chi connectivity index (χ4v) is 4.05.